The van der Waals surface area contributed by atoms with Gasteiger partial charge in [0.25, 0.3) is 5.91 Å². The molecule has 8 heteroatoms. The van der Waals surface area contributed by atoms with E-state index in [1.54, 1.807) is 13.2 Å². The lowest BCUT2D eigenvalue weighted by molar-refractivity contribution is -0.149. The number of hydrogen-bond acceptors (Lipinski definition) is 7. The number of rotatable bonds is 7. The van der Waals surface area contributed by atoms with Crippen LogP contribution in [-0.2, 0) is 20.9 Å². The smallest absolute Gasteiger partial charge is 0.310 e. The normalized spacial score (nSPS) is 19.2. The van der Waals surface area contributed by atoms with Gasteiger partial charge in [0.15, 0.2) is 16.7 Å². The zero-order valence-electron chi connectivity index (χ0n) is 19.4. The summed E-state index contributed by atoms with van der Waals surface area (Å²) >= 11 is 1.34. The summed E-state index contributed by atoms with van der Waals surface area (Å²) < 4.78 is 16.6. The second kappa shape index (κ2) is 11.2. The number of benzene rings is 2. The molecule has 2 aromatic carbocycles. The van der Waals surface area contributed by atoms with Gasteiger partial charge in [0.2, 0.25) is 0 Å². The Morgan fingerprint density at radius 1 is 1.21 bits per heavy atom. The van der Waals surface area contributed by atoms with Crippen molar-refractivity contribution in [1.82, 2.24) is 4.90 Å². The van der Waals surface area contributed by atoms with E-state index in [0.717, 1.165) is 30.5 Å². The molecule has 7 nitrogen and oxygen atoms in total. The second-order valence-electron chi connectivity index (χ2n) is 8.03. The highest BCUT2D eigenvalue weighted by Crippen LogP contribution is 2.35. The number of nitrogens with zero attached hydrogens (tertiary/aromatic N) is 2. The first-order valence-corrected chi connectivity index (χ1v) is 12.2. The molecule has 2 aliphatic rings. The summed E-state index contributed by atoms with van der Waals surface area (Å²) in [5.74, 6) is 0.582. The zero-order chi connectivity index (χ0) is 23.9. The SMILES string of the molecule is CCOC(=O)[C@@H]1CCCN(C2=NC(=O)/C(=C/c3ccc(OCc4ccccc4)c(OC)c3)S2)C1. The number of carbonyl (C=O) groups excluding carboxylic acids is 2. The van der Waals surface area contributed by atoms with Gasteiger partial charge in [-0.25, -0.2) is 0 Å². The van der Waals surface area contributed by atoms with Gasteiger partial charge in [0.1, 0.15) is 6.61 Å². The van der Waals surface area contributed by atoms with Gasteiger partial charge >= 0.3 is 5.97 Å². The number of methoxy groups -OCH3 is 1. The molecule has 0 bridgehead atoms. The number of carbonyl (C=O) groups is 2. The van der Waals surface area contributed by atoms with Gasteiger partial charge in [0, 0.05) is 13.1 Å². The molecule has 178 valence electrons. The number of thioether (sulfide) groups is 1. The lowest BCUT2D eigenvalue weighted by Gasteiger charge is -2.32. The number of amides is 1. The first-order valence-electron chi connectivity index (χ1n) is 11.4. The van der Waals surface area contributed by atoms with Gasteiger partial charge < -0.3 is 19.1 Å². The van der Waals surface area contributed by atoms with E-state index in [0.29, 0.717) is 41.3 Å². The van der Waals surface area contributed by atoms with Crippen molar-refractivity contribution in [2.24, 2.45) is 10.9 Å². The van der Waals surface area contributed by atoms with Crippen molar-refractivity contribution in [1.29, 1.82) is 0 Å². The van der Waals surface area contributed by atoms with Gasteiger partial charge in [-0.2, -0.15) is 4.99 Å². The lowest BCUT2D eigenvalue weighted by Crippen LogP contribution is -2.41. The number of aliphatic imine (C=N–C) groups is 1. The molecule has 1 saturated heterocycles. The van der Waals surface area contributed by atoms with Crippen molar-refractivity contribution < 1.29 is 23.8 Å². The van der Waals surface area contributed by atoms with Crippen LogP contribution in [0.5, 0.6) is 11.5 Å². The van der Waals surface area contributed by atoms with Crippen molar-refractivity contribution in [2.75, 3.05) is 26.8 Å². The summed E-state index contributed by atoms with van der Waals surface area (Å²) in [4.78, 5) is 31.5. The first-order chi connectivity index (χ1) is 16.6. The molecule has 34 heavy (non-hydrogen) atoms. The Bertz CT molecular complexity index is 1100. The third-order valence-corrected chi connectivity index (χ3v) is 6.69. The van der Waals surface area contributed by atoms with E-state index in [9.17, 15) is 9.59 Å². The van der Waals surface area contributed by atoms with E-state index in [1.807, 2.05) is 60.4 Å². The fraction of sp³-hybridized carbons (Fsp3) is 0.346. The Hall–Kier alpha value is -3.26. The topological polar surface area (TPSA) is 77.4 Å². The fourth-order valence-corrected chi connectivity index (χ4v) is 4.86. The Labute approximate surface area is 203 Å². The molecule has 1 fully saturated rings. The predicted octanol–water partition coefficient (Wildman–Crippen LogP) is 4.52. The summed E-state index contributed by atoms with van der Waals surface area (Å²) in [6.07, 6.45) is 3.46. The van der Waals surface area contributed by atoms with Gasteiger partial charge in [-0.05, 0) is 60.9 Å². The van der Waals surface area contributed by atoms with Crippen LogP contribution < -0.4 is 9.47 Å². The van der Waals surface area contributed by atoms with Gasteiger partial charge in [-0.3, -0.25) is 9.59 Å². The van der Waals surface area contributed by atoms with Crippen molar-refractivity contribution in [2.45, 2.75) is 26.4 Å². The summed E-state index contributed by atoms with van der Waals surface area (Å²) in [5, 5.41) is 0.639. The maximum atomic E-state index is 12.6. The first kappa shape index (κ1) is 23.9. The van der Waals surface area contributed by atoms with Crippen LogP contribution in [0.15, 0.2) is 58.4 Å². The van der Waals surface area contributed by atoms with E-state index >= 15 is 0 Å². The van der Waals surface area contributed by atoms with Gasteiger partial charge in [-0.15, -0.1) is 0 Å². The molecule has 1 atom stereocenters. The van der Waals surface area contributed by atoms with Crippen LogP contribution in [0.25, 0.3) is 6.08 Å². The largest absolute Gasteiger partial charge is 0.493 e. The van der Waals surface area contributed by atoms with Crippen LogP contribution in [0.4, 0.5) is 0 Å². The fourth-order valence-electron chi connectivity index (χ4n) is 3.92. The number of ether oxygens (including phenoxy) is 3. The summed E-state index contributed by atoms with van der Waals surface area (Å²) in [5.41, 5.74) is 1.88. The summed E-state index contributed by atoms with van der Waals surface area (Å²) in [6, 6.07) is 15.5. The molecule has 0 unspecified atom stereocenters. The van der Waals surface area contributed by atoms with E-state index in [4.69, 9.17) is 14.2 Å². The van der Waals surface area contributed by atoms with Crippen LogP contribution >= 0.6 is 11.8 Å². The average Bonchev–Trinajstić information content (AvgIpc) is 3.24. The molecule has 2 aromatic rings. The molecular weight excluding hydrogens is 452 g/mol. The minimum atomic E-state index is -0.276. The summed E-state index contributed by atoms with van der Waals surface area (Å²) in [7, 11) is 1.59. The highest BCUT2D eigenvalue weighted by atomic mass is 32.2. The third kappa shape index (κ3) is 5.80. The standard InChI is InChI=1S/C26H28N2O5S/c1-3-32-25(30)20-10-7-13-28(16-20)26-27-24(29)23(34-26)15-19-11-12-21(22(14-19)31-2)33-17-18-8-5-4-6-9-18/h4-6,8-9,11-12,14-15,20H,3,7,10,13,16-17H2,1-2H3/b23-15-/t20-/m1/s1. The number of piperidine rings is 1. The maximum Gasteiger partial charge on any atom is 0.310 e. The number of hydrogen-bond donors (Lipinski definition) is 0. The second-order valence-corrected chi connectivity index (χ2v) is 9.04. The monoisotopic (exact) mass is 480 g/mol. The minimum absolute atomic E-state index is 0.181. The molecule has 4 rings (SSSR count). The molecule has 1 amide bonds. The number of likely N-dealkylation sites (tertiary alicyclic amines) is 1. The molecule has 0 aliphatic carbocycles. The van der Waals surface area contributed by atoms with Crippen LogP contribution in [0, 0.1) is 5.92 Å². The highest BCUT2D eigenvalue weighted by Gasteiger charge is 2.32. The molecule has 0 N–H and O–H groups in total. The molecule has 0 spiro atoms. The summed E-state index contributed by atoms with van der Waals surface area (Å²) in [6.45, 7) is 3.90. The third-order valence-electron chi connectivity index (χ3n) is 5.64. The molecule has 0 saturated carbocycles. The van der Waals surface area contributed by atoms with Crippen molar-refractivity contribution in [3.63, 3.8) is 0 Å². The Morgan fingerprint density at radius 2 is 2.03 bits per heavy atom. The highest BCUT2D eigenvalue weighted by molar-refractivity contribution is 8.18. The Morgan fingerprint density at radius 3 is 2.79 bits per heavy atom. The van der Waals surface area contributed by atoms with Crippen LogP contribution in [-0.4, -0.2) is 48.8 Å². The molecule has 2 aliphatic heterocycles. The van der Waals surface area contributed by atoms with Crippen LogP contribution in [0.1, 0.15) is 30.9 Å². The van der Waals surface area contributed by atoms with Gasteiger partial charge in [-0.1, -0.05) is 36.4 Å². The van der Waals surface area contributed by atoms with Crippen LogP contribution in [0.3, 0.4) is 0 Å². The van der Waals surface area contributed by atoms with Crippen LogP contribution in [0.2, 0.25) is 0 Å². The Kier molecular flexibility index (Phi) is 7.90. The Balaban J connectivity index is 1.42. The van der Waals surface area contributed by atoms with E-state index in [-0.39, 0.29) is 17.8 Å². The van der Waals surface area contributed by atoms with Crippen molar-refractivity contribution in [3.05, 3.63) is 64.6 Å². The molecular formula is C26H28N2O5S. The van der Waals surface area contributed by atoms with E-state index in [1.165, 1.54) is 11.8 Å². The van der Waals surface area contributed by atoms with Gasteiger partial charge in [0.05, 0.1) is 24.5 Å². The molecule has 0 radical (unpaired) electrons. The quantitative estimate of drug-likeness (QED) is 0.426. The number of esters is 1. The predicted molar refractivity (Wildman–Crippen MR) is 133 cm³/mol. The number of amidine groups is 1. The van der Waals surface area contributed by atoms with Crippen molar-refractivity contribution in [3.8, 4) is 11.5 Å². The maximum absolute atomic E-state index is 12.6. The van der Waals surface area contributed by atoms with E-state index < -0.39 is 0 Å². The molecule has 0 aromatic heterocycles. The zero-order valence-corrected chi connectivity index (χ0v) is 20.2. The average molecular weight is 481 g/mol. The lowest BCUT2D eigenvalue weighted by atomic mass is 9.99. The minimum Gasteiger partial charge on any atom is -0.493 e. The van der Waals surface area contributed by atoms with Crippen molar-refractivity contribution >= 4 is 34.9 Å². The molecule has 2 heterocycles. The van der Waals surface area contributed by atoms with E-state index in [2.05, 4.69) is 4.99 Å².